The highest BCUT2D eigenvalue weighted by Crippen LogP contribution is 2.28. The second-order valence-electron chi connectivity index (χ2n) is 5.38. The molecule has 0 saturated carbocycles. The van der Waals surface area contributed by atoms with Gasteiger partial charge in [-0.1, -0.05) is 6.07 Å². The number of methoxy groups -OCH3 is 1. The quantitative estimate of drug-likeness (QED) is 0.687. The van der Waals surface area contributed by atoms with Crippen molar-refractivity contribution in [3.05, 3.63) is 66.2 Å². The van der Waals surface area contributed by atoms with Crippen molar-refractivity contribution >= 4 is 5.97 Å². The van der Waals surface area contributed by atoms with E-state index in [-0.39, 0.29) is 18.1 Å². The molecule has 1 N–H and O–H groups in total. The van der Waals surface area contributed by atoms with Crippen LogP contribution in [0.2, 0.25) is 0 Å². The predicted molar refractivity (Wildman–Crippen MR) is 93.2 cm³/mol. The Hall–Kier alpha value is -3.63. The number of benzene rings is 1. The van der Waals surface area contributed by atoms with Crippen LogP contribution in [-0.2, 0) is 4.74 Å². The van der Waals surface area contributed by atoms with Gasteiger partial charge in [0.25, 0.3) is 0 Å². The van der Waals surface area contributed by atoms with Crippen molar-refractivity contribution in [2.75, 3.05) is 13.9 Å². The van der Waals surface area contributed by atoms with E-state index >= 15 is 0 Å². The van der Waals surface area contributed by atoms with Gasteiger partial charge in [0.2, 0.25) is 0 Å². The van der Waals surface area contributed by atoms with Gasteiger partial charge in [-0.15, -0.1) is 0 Å². The molecule has 0 fully saturated rings. The van der Waals surface area contributed by atoms with Gasteiger partial charge in [0, 0.05) is 54.8 Å². The molecule has 0 radical (unpaired) electrons. The van der Waals surface area contributed by atoms with Gasteiger partial charge in [0.1, 0.15) is 17.4 Å². The van der Waals surface area contributed by atoms with Crippen LogP contribution in [0.5, 0.6) is 5.75 Å². The van der Waals surface area contributed by atoms with Crippen molar-refractivity contribution in [3.8, 4) is 28.6 Å². The van der Waals surface area contributed by atoms with Gasteiger partial charge in [0.15, 0.2) is 6.79 Å². The number of carboxylic acid groups (broad SMARTS) is 1. The number of aromatic carboxylic acids is 1. The van der Waals surface area contributed by atoms with E-state index in [0.29, 0.717) is 11.3 Å². The molecule has 0 unspecified atom stereocenters. The minimum atomic E-state index is -1.09. The van der Waals surface area contributed by atoms with Crippen LogP contribution in [0.25, 0.3) is 16.8 Å². The van der Waals surface area contributed by atoms with Crippen LogP contribution in [-0.4, -0.2) is 34.5 Å². The lowest BCUT2D eigenvalue weighted by molar-refractivity contribution is 0.0483. The first kappa shape index (κ1) is 17.2. The lowest BCUT2D eigenvalue weighted by atomic mass is 10.1. The number of hydrogen-bond donors (Lipinski definition) is 1. The van der Waals surface area contributed by atoms with E-state index in [2.05, 4.69) is 11.1 Å². The molecule has 3 rings (SSSR count). The summed E-state index contributed by atoms with van der Waals surface area (Å²) in [6.07, 6.45) is 6.82. The van der Waals surface area contributed by atoms with Gasteiger partial charge in [0.05, 0.1) is 5.56 Å². The highest BCUT2D eigenvalue weighted by Gasteiger charge is 2.15. The molecule has 2 heterocycles. The minimum absolute atomic E-state index is 0.0333. The second-order valence-corrected chi connectivity index (χ2v) is 5.38. The van der Waals surface area contributed by atoms with Crippen LogP contribution < -0.4 is 4.74 Å². The zero-order chi connectivity index (χ0) is 18.5. The van der Waals surface area contributed by atoms with E-state index in [0.717, 1.165) is 11.1 Å². The molecule has 0 atom stereocenters. The van der Waals surface area contributed by atoms with E-state index in [1.54, 1.807) is 47.6 Å². The number of aromatic nitrogens is 2. The number of carboxylic acids is 1. The summed E-state index contributed by atoms with van der Waals surface area (Å²) >= 11 is 0. The van der Waals surface area contributed by atoms with E-state index in [9.17, 15) is 15.2 Å². The molecular formula is C19H15N3O4. The van der Waals surface area contributed by atoms with E-state index in [1.165, 1.54) is 13.2 Å². The summed E-state index contributed by atoms with van der Waals surface area (Å²) < 4.78 is 12.0. The SMILES string of the molecule is COCOc1cc(-n2cc(C#N)c(-c3cccnc3)c2)ccc1C(=O)O. The Morgan fingerprint density at radius 3 is 2.85 bits per heavy atom. The van der Waals surface area contributed by atoms with Crippen LogP contribution in [0.1, 0.15) is 15.9 Å². The summed E-state index contributed by atoms with van der Waals surface area (Å²) in [5, 5.41) is 18.7. The molecule has 0 spiro atoms. The van der Waals surface area contributed by atoms with Crippen molar-refractivity contribution in [2.24, 2.45) is 0 Å². The number of pyridine rings is 1. The fourth-order valence-corrected chi connectivity index (χ4v) is 2.53. The molecule has 7 heteroatoms. The van der Waals surface area contributed by atoms with E-state index in [4.69, 9.17) is 9.47 Å². The average molecular weight is 349 g/mol. The highest BCUT2D eigenvalue weighted by atomic mass is 16.7. The van der Waals surface area contributed by atoms with Crippen molar-refractivity contribution < 1.29 is 19.4 Å². The van der Waals surface area contributed by atoms with Gasteiger partial charge < -0.3 is 19.1 Å². The Labute approximate surface area is 149 Å². The Morgan fingerprint density at radius 2 is 2.19 bits per heavy atom. The van der Waals surface area contributed by atoms with Gasteiger partial charge in [-0.25, -0.2) is 4.79 Å². The third-order valence-electron chi connectivity index (χ3n) is 3.75. The fraction of sp³-hybridized carbons (Fsp3) is 0.105. The van der Waals surface area contributed by atoms with Gasteiger partial charge >= 0.3 is 5.97 Å². The Bertz CT molecular complexity index is 974. The summed E-state index contributed by atoms with van der Waals surface area (Å²) in [6, 6.07) is 10.5. The third kappa shape index (κ3) is 3.41. The fourth-order valence-electron chi connectivity index (χ4n) is 2.53. The van der Waals surface area contributed by atoms with Crippen LogP contribution in [0, 0.1) is 11.3 Å². The van der Waals surface area contributed by atoms with E-state index in [1.807, 2.05) is 6.07 Å². The van der Waals surface area contributed by atoms with Crippen molar-refractivity contribution in [1.29, 1.82) is 5.26 Å². The predicted octanol–water partition coefficient (Wildman–Crippen LogP) is 3.09. The Kier molecular flexibility index (Phi) is 4.97. The topological polar surface area (TPSA) is 97.4 Å². The molecule has 7 nitrogen and oxygen atoms in total. The molecule has 0 amide bonds. The molecular weight excluding hydrogens is 334 g/mol. The molecule has 0 aliphatic carbocycles. The minimum Gasteiger partial charge on any atom is -0.478 e. The zero-order valence-electron chi connectivity index (χ0n) is 13.9. The van der Waals surface area contributed by atoms with E-state index < -0.39 is 5.97 Å². The zero-order valence-corrected chi connectivity index (χ0v) is 13.9. The average Bonchev–Trinajstić information content (AvgIpc) is 3.11. The maximum atomic E-state index is 11.3. The molecule has 26 heavy (non-hydrogen) atoms. The first-order valence-corrected chi connectivity index (χ1v) is 7.66. The number of nitriles is 1. The number of carbonyl (C=O) groups is 1. The molecule has 1 aromatic carbocycles. The maximum Gasteiger partial charge on any atom is 0.339 e. The summed E-state index contributed by atoms with van der Waals surface area (Å²) in [4.78, 5) is 15.4. The summed E-state index contributed by atoms with van der Waals surface area (Å²) in [5.74, 6) is -0.907. The van der Waals surface area contributed by atoms with Crippen LogP contribution >= 0.6 is 0 Å². The van der Waals surface area contributed by atoms with Gasteiger partial charge in [-0.05, 0) is 18.2 Å². The van der Waals surface area contributed by atoms with Crippen LogP contribution in [0.15, 0.2) is 55.1 Å². The van der Waals surface area contributed by atoms with Crippen LogP contribution in [0.3, 0.4) is 0 Å². The lowest BCUT2D eigenvalue weighted by Crippen LogP contribution is -2.06. The lowest BCUT2D eigenvalue weighted by Gasteiger charge is -2.11. The first-order valence-electron chi connectivity index (χ1n) is 7.66. The molecule has 0 saturated heterocycles. The molecule has 0 bridgehead atoms. The third-order valence-corrected chi connectivity index (χ3v) is 3.75. The molecule has 130 valence electrons. The number of rotatable bonds is 6. The number of hydrogen-bond acceptors (Lipinski definition) is 5. The molecule has 3 aromatic rings. The highest BCUT2D eigenvalue weighted by molar-refractivity contribution is 5.91. The maximum absolute atomic E-state index is 11.3. The van der Waals surface area contributed by atoms with Crippen molar-refractivity contribution in [1.82, 2.24) is 9.55 Å². The molecule has 0 aliphatic heterocycles. The van der Waals surface area contributed by atoms with Gasteiger partial charge in [-0.2, -0.15) is 5.26 Å². The smallest absolute Gasteiger partial charge is 0.339 e. The standard InChI is InChI=1S/C19H15N3O4/c1-25-12-26-18-7-15(4-5-16(18)19(23)24)22-10-14(8-20)17(11-22)13-3-2-6-21-9-13/h2-7,9-11H,12H2,1H3,(H,23,24). The van der Waals surface area contributed by atoms with Crippen molar-refractivity contribution in [2.45, 2.75) is 0 Å². The number of ether oxygens (including phenoxy) is 2. The largest absolute Gasteiger partial charge is 0.478 e. The second kappa shape index (κ2) is 7.51. The van der Waals surface area contributed by atoms with Crippen LogP contribution in [0.4, 0.5) is 0 Å². The summed E-state index contributed by atoms with van der Waals surface area (Å²) in [5.41, 5.74) is 2.74. The monoisotopic (exact) mass is 349 g/mol. The van der Waals surface area contributed by atoms with Gasteiger partial charge in [-0.3, -0.25) is 4.98 Å². The first-order chi connectivity index (χ1) is 12.6. The van der Waals surface area contributed by atoms with Crippen molar-refractivity contribution in [3.63, 3.8) is 0 Å². The molecule has 0 aliphatic rings. The Morgan fingerprint density at radius 1 is 1.35 bits per heavy atom. The summed E-state index contributed by atoms with van der Waals surface area (Å²) in [6.45, 7) is -0.0697. The number of nitrogens with zero attached hydrogens (tertiary/aromatic N) is 3. The molecule has 2 aromatic heterocycles. The summed E-state index contributed by atoms with van der Waals surface area (Å²) in [7, 11) is 1.45. The Balaban J connectivity index is 2.05. The normalized spacial score (nSPS) is 10.3.